The maximum Gasteiger partial charge on any atom is 0.280 e. The van der Waals surface area contributed by atoms with Crippen molar-refractivity contribution in [2.24, 2.45) is 5.92 Å². The molecule has 3 atom stereocenters. The Morgan fingerprint density at radius 3 is 2.33 bits per heavy atom. The van der Waals surface area contributed by atoms with Gasteiger partial charge in [0.05, 0.1) is 26.1 Å². The van der Waals surface area contributed by atoms with Crippen molar-refractivity contribution in [2.45, 2.75) is 30.6 Å². The van der Waals surface area contributed by atoms with Crippen molar-refractivity contribution in [3.05, 3.63) is 118 Å². The lowest BCUT2D eigenvalue weighted by molar-refractivity contribution is -0.0305. The SMILES string of the molecule is COc1ccccc1C(OC[C@H]1C[C@@H](n2cnc3c(=O)[nH]c(N)nc32)C[C@@H]1O)(c1ccccc1)c1ccccc1. The molecule has 6 rings (SSSR count). The third-order valence-electron chi connectivity index (χ3n) is 7.84. The van der Waals surface area contributed by atoms with Crippen LogP contribution in [0, 0.1) is 5.92 Å². The number of nitrogen functional groups attached to an aromatic ring is 1. The predicted octanol–water partition coefficient (Wildman–Crippen LogP) is 4.03. The molecule has 40 heavy (non-hydrogen) atoms. The molecule has 1 aliphatic carbocycles. The predicted molar refractivity (Wildman–Crippen MR) is 152 cm³/mol. The minimum atomic E-state index is -0.988. The number of benzene rings is 3. The fourth-order valence-electron chi connectivity index (χ4n) is 5.93. The zero-order valence-corrected chi connectivity index (χ0v) is 22.1. The van der Waals surface area contributed by atoms with Crippen molar-refractivity contribution in [1.29, 1.82) is 0 Å². The van der Waals surface area contributed by atoms with Crippen LogP contribution in [0.3, 0.4) is 0 Å². The van der Waals surface area contributed by atoms with Gasteiger partial charge in [0.2, 0.25) is 5.95 Å². The zero-order chi connectivity index (χ0) is 27.7. The van der Waals surface area contributed by atoms with Crippen molar-refractivity contribution in [3.63, 3.8) is 0 Å². The fraction of sp³-hybridized carbons (Fsp3) is 0.258. The zero-order valence-electron chi connectivity index (χ0n) is 22.1. The van der Waals surface area contributed by atoms with E-state index in [0.29, 0.717) is 24.2 Å². The van der Waals surface area contributed by atoms with Crippen LogP contribution >= 0.6 is 0 Å². The Bertz CT molecular complexity index is 1630. The van der Waals surface area contributed by atoms with Gasteiger partial charge in [0.15, 0.2) is 11.2 Å². The average molecular weight is 538 g/mol. The van der Waals surface area contributed by atoms with Crippen LogP contribution < -0.4 is 16.0 Å². The van der Waals surface area contributed by atoms with Crippen molar-refractivity contribution in [2.75, 3.05) is 19.5 Å². The minimum absolute atomic E-state index is 0.0324. The molecule has 0 aliphatic heterocycles. The highest BCUT2D eigenvalue weighted by atomic mass is 16.5. The molecule has 0 unspecified atom stereocenters. The Labute approximate surface area is 231 Å². The van der Waals surface area contributed by atoms with Crippen LogP contribution in [0.25, 0.3) is 11.2 Å². The van der Waals surface area contributed by atoms with Gasteiger partial charge in [-0.05, 0) is 30.0 Å². The van der Waals surface area contributed by atoms with E-state index < -0.39 is 11.7 Å². The van der Waals surface area contributed by atoms with E-state index in [0.717, 1.165) is 16.7 Å². The van der Waals surface area contributed by atoms with E-state index in [4.69, 9.17) is 15.2 Å². The van der Waals surface area contributed by atoms with Crippen molar-refractivity contribution >= 4 is 17.1 Å². The molecule has 204 valence electrons. The van der Waals surface area contributed by atoms with Gasteiger partial charge in [-0.3, -0.25) is 9.78 Å². The van der Waals surface area contributed by atoms with E-state index in [1.54, 1.807) is 13.4 Å². The Kier molecular flexibility index (Phi) is 6.83. The Hall–Kier alpha value is -4.47. The number of ether oxygens (including phenoxy) is 2. The maximum absolute atomic E-state index is 12.3. The maximum atomic E-state index is 12.3. The van der Waals surface area contributed by atoms with Crippen LogP contribution in [0.2, 0.25) is 0 Å². The van der Waals surface area contributed by atoms with E-state index >= 15 is 0 Å². The van der Waals surface area contributed by atoms with Gasteiger partial charge in [0.25, 0.3) is 5.56 Å². The van der Waals surface area contributed by atoms with Gasteiger partial charge in [0, 0.05) is 17.5 Å². The summed E-state index contributed by atoms with van der Waals surface area (Å²) in [5.41, 5.74) is 7.86. The first-order valence-corrected chi connectivity index (χ1v) is 13.3. The summed E-state index contributed by atoms with van der Waals surface area (Å²) in [5, 5.41) is 11.2. The number of hydrogen-bond donors (Lipinski definition) is 3. The summed E-state index contributed by atoms with van der Waals surface area (Å²) in [6.07, 6.45) is 2.07. The topological polar surface area (TPSA) is 128 Å². The lowest BCUT2D eigenvalue weighted by Crippen LogP contribution is -2.36. The number of nitrogens with two attached hydrogens (primary N) is 1. The number of rotatable bonds is 8. The number of aliphatic hydroxyl groups excluding tert-OH is 1. The largest absolute Gasteiger partial charge is 0.496 e. The summed E-state index contributed by atoms with van der Waals surface area (Å²) in [5.74, 6) is 0.562. The molecule has 0 bridgehead atoms. The first-order valence-electron chi connectivity index (χ1n) is 13.3. The first-order chi connectivity index (χ1) is 19.5. The molecule has 9 heteroatoms. The van der Waals surface area contributed by atoms with E-state index in [1.807, 2.05) is 65.2 Å². The Morgan fingerprint density at radius 1 is 1.00 bits per heavy atom. The molecule has 0 amide bonds. The van der Waals surface area contributed by atoms with Gasteiger partial charge in [-0.25, -0.2) is 4.98 Å². The van der Waals surface area contributed by atoms with Crippen LogP contribution in [0.4, 0.5) is 5.95 Å². The highest BCUT2D eigenvalue weighted by Gasteiger charge is 2.43. The number of hydrogen-bond acceptors (Lipinski definition) is 7. The number of fused-ring (bicyclic) bond motifs is 1. The van der Waals surface area contributed by atoms with Crippen LogP contribution in [0.15, 0.2) is 96.1 Å². The summed E-state index contributed by atoms with van der Waals surface area (Å²) in [7, 11) is 1.66. The highest BCUT2D eigenvalue weighted by Crippen LogP contribution is 2.46. The van der Waals surface area contributed by atoms with Crippen molar-refractivity contribution < 1.29 is 14.6 Å². The van der Waals surface area contributed by atoms with Crippen molar-refractivity contribution in [1.82, 2.24) is 19.5 Å². The van der Waals surface area contributed by atoms with Gasteiger partial charge < -0.3 is 24.9 Å². The summed E-state index contributed by atoms with van der Waals surface area (Å²) in [6, 6.07) is 27.9. The van der Waals surface area contributed by atoms with Crippen LogP contribution in [-0.2, 0) is 10.3 Å². The molecule has 2 aromatic heterocycles. The number of methoxy groups -OCH3 is 1. The number of para-hydroxylation sites is 1. The number of aromatic nitrogens is 4. The second-order valence-corrected chi connectivity index (χ2v) is 10.2. The van der Waals surface area contributed by atoms with E-state index in [9.17, 15) is 9.90 Å². The number of H-pyrrole nitrogens is 1. The molecule has 3 aromatic carbocycles. The third kappa shape index (κ3) is 4.43. The lowest BCUT2D eigenvalue weighted by atomic mass is 9.79. The standard InChI is InChI=1S/C31H31N5O4/c1-39-26-15-9-8-14-24(26)31(21-10-4-2-5-11-21,22-12-6-3-7-13-22)40-18-20-16-23(17-25(20)37)36-19-33-27-28(36)34-30(32)35-29(27)38/h2-15,19-20,23,25,37H,16-18H2,1H3,(H3,32,34,35,38)/t20-,23-,25+/m1/s1. The third-order valence-corrected chi connectivity index (χ3v) is 7.84. The Morgan fingerprint density at radius 2 is 1.65 bits per heavy atom. The molecule has 0 saturated heterocycles. The molecular formula is C31H31N5O4. The highest BCUT2D eigenvalue weighted by molar-refractivity contribution is 5.70. The first kappa shape index (κ1) is 25.8. The molecular weight excluding hydrogens is 506 g/mol. The van der Waals surface area contributed by atoms with E-state index in [1.165, 1.54) is 0 Å². The number of aromatic amines is 1. The number of imidazole rings is 1. The molecule has 4 N–H and O–H groups in total. The van der Waals surface area contributed by atoms with Gasteiger partial charge in [-0.2, -0.15) is 4.98 Å². The summed E-state index contributed by atoms with van der Waals surface area (Å²) in [4.78, 5) is 23.3. The summed E-state index contributed by atoms with van der Waals surface area (Å²) in [6.45, 7) is 0.280. The van der Waals surface area contributed by atoms with Gasteiger partial charge in [-0.15, -0.1) is 0 Å². The van der Waals surface area contributed by atoms with Crippen LogP contribution in [0.1, 0.15) is 35.6 Å². The van der Waals surface area contributed by atoms with Gasteiger partial charge in [0.1, 0.15) is 11.4 Å². The van der Waals surface area contributed by atoms with Crippen LogP contribution in [0.5, 0.6) is 5.75 Å². The number of aliphatic hydroxyl groups is 1. The fourth-order valence-corrected chi connectivity index (χ4v) is 5.93. The summed E-state index contributed by atoms with van der Waals surface area (Å²) < 4.78 is 14.7. The monoisotopic (exact) mass is 537 g/mol. The molecule has 1 aliphatic rings. The van der Waals surface area contributed by atoms with E-state index in [-0.39, 0.29) is 35.6 Å². The minimum Gasteiger partial charge on any atom is -0.496 e. The lowest BCUT2D eigenvalue weighted by Gasteiger charge is -2.37. The normalized spacial score (nSPS) is 19.2. The molecule has 0 radical (unpaired) electrons. The van der Waals surface area contributed by atoms with Gasteiger partial charge in [-0.1, -0.05) is 78.9 Å². The number of anilines is 1. The van der Waals surface area contributed by atoms with Gasteiger partial charge >= 0.3 is 0 Å². The smallest absolute Gasteiger partial charge is 0.280 e. The molecule has 2 heterocycles. The van der Waals surface area contributed by atoms with E-state index in [2.05, 4.69) is 39.2 Å². The second kappa shape index (κ2) is 10.6. The average Bonchev–Trinajstić information content (AvgIpc) is 3.58. The molecule has 1 fully saturated rings. The summed E-state index contributed by atoms with van der Waals surface area (Å²) >= 11 is 0. The number of nitrogens with zero attached hydrogens (tertiary/aromatic N) is 3. The molecule has 1 saturated carbocycles. The molecule has 5 aromatic rings. The molecule has 0 spiro atoms. The Balaban J connectivity index is 1.38. The second-order valence-electron chi connectivity index (χ2n) is 10.2. The number of nitrogens with one attached hydrogen (secondary N) is 1. The van der Waals surface area contributed by atoms with Crippen LogP contribution in [-0.4, -0.2) is 44.4 Å². The quantitative estimate of drug-likeness (QED) is 0.255. The van der Waals surface area contributed by atoms with Crippen molar-refractivity contribution in [3.8, 4) is 5.75 Å². The molecule has 9 nitrogen and oxygen atoms in total.